The summed E-state index contributed by atoms with van der Waals surface area (Å²) in [6.07, 6.45) is 3.85. The lowest BCUT2D eigenvalue weighted by Gasteiger charge is -2.30. The molecule has 1 fully saturated rings. The average Bonchev–Trinajstić information content (AvgIpc) is 3.67. The quantitative estimate of drug-likeness (QED) is 0.245. The van der Waals surface area contributed by atoms with Crippen LogP contribution in [0, 0.1) is 0 Å². The van der Waals surface area contributed by atoms with Crippen molar-refractivity contribution in [3.63, 3.8) is 0 Å². The van der Waals surface area contributed by atoms with E-state index in [0.717, 1.165) is 60.2 Å². The number of likely N-dealkylation sites (tertiary alicyclic amines) is 1. The van der Waals surface area contributed by atoms with Gasteiger partial charge in [0.2, 0.25) is 11.8 Å². The molecule has 4 aromatic heterocycles. The number of fused-ring (bicyclic) bond motifs is 2. The number of hydrogen-bond donors (Lipinski definition) is 1. The Kier molecular flexibility index (Phi) is 5.72. The second kappa shape index (κ2) is 9.37. The van der Waals surface area contributed by atoms with E-state index < -0.39 is 0 Å². The van der Waals surface area contributed by atoms with Gasteiger partial charge in [-0.2, -0.15) is 5.10 Å². The number of aromatic nitrogens is 5. The summed E-state index contributed by atoms with van der Waals surface area (Å²) in [4.78, 5) is 6.58. The molecule has 1 atom stereocenters. The van der Waals surface area contributed by atoms with Gasteiger partial charge in [-0.15, -0.1) is 21.5 Å². The number of H-pyrrole nitrogens is 1. The van der Waals surface area contributed by atoms with Crippen molar-refractivity contribution in [1.82, 2.24) is 30.3 Å². The fourth-order valence-corrected chi connectivity index (χ4v) is 6.36. The molecule has 0 saturated carbocycles. The van der Waals surface area contributed by atoms with Crippen LogP contribution in [0.5, 0.6) is 0 Å². The van der Waals surface area contributed by atoms with Crippen LogP contribution in [0.4, 0.5) is 0 Å². The summed E-state index contributed by atoms with van der Waals surface area (Å²) >= 11 is 7.93. The topological polar surface area (TPSA) is 83.7 Å². The molecule has 9 heteroatoms. The Bertz CT molecular complexity index is 1720. The zero-order valence-electron chi connectivity index (χ0n) is 19.9. The highest BCUT2D eigenvalue weighted by Gasteiger charge is 2.27. The minimum absolute atomic E-state index is 0.229. The van der Waals surface area contributed by atoms with Gasteiger partial charge in [-0.1, -0.05) is 29.8 Å². The maximum Gasteiger partial charge on any atom is 0.247 e. The van der Waals surface area contributed by atoms with E-state index >= 15 is 0 Å². The Morgan fingerprint density at radius 2 is 2.00 bits per heavy atom. The minimum Gasteiger partial charge on any atom is -0.420 e. The number of benzene rings is 2. The molecule has 0 unspecified atom stereocenters. The summed E-state index contributed by atoms with van der Waals surface area (Å²) in [5.74, 6) is 1.47. The van der Waals surface area contributed by atoms with Gasteiger partial charge in [0.15, 0.2) is 0 Å². The van der Waals surface area contributed by atoms with Crippen LogP contribution in [0.1, 0.15) is 30.2 Å². The zero-order valence-corrected chi connectivity index (χ0v) is 21.5. The van der Waals surface area contributed by atoms with Crippen LogP contribution in [0.3, 0.4) is 0 Å². The van der Waals surface area contributed by atoms with Crippen molar-refractivity contribution in [2.45, 2.75) is 25.3 Å². The van der Waals surface area contributed by atoms with Crippen molar-refractivity contribution in [2.24, 2.45) is 0 Å². The summed E-state index contributed by atoms with van der Waals surface area (Å²) in [6, 6.07) is 18.3. The zero-order chi connectivity index (χ0) is 24.8. The first-order valence-corrected chi connectivity index (χ1v) is 13.6. The highest BCUT2D eigenvalue weighted by atomic mass is 35.5. The van der Waals surface area contributed by atoms with Gasteiger partial charge in [0.25, 0.3) is 0 Å². The molecule has 7 nitrogen and oxygen atoms in total. The maximum absolute atomic E-state index is 6.24. The highest BCUT2D eigenvalue weighted by molar-refractivity contribution is 7.17. The molecule has 1 saturated heterocycles. The molecule has 184 valence electrons. The fraction of sp³-hybridized carbons (Fsp3) is 0.214. The molecule has 0 radical (unpaired) electrons. The minimum atomic E-state index is 0.229. The Morgan fingerprint density at radius 1 is 1.05 bits per heavy atom. The highest BCUT2D eigenvalue weighted by Crippen LogP contribution is 2.34. The summed E-state index contributed by atoms with van der Waals surface area (Å²) < 4.78 is 7.59. The van der Waals surface area contributed by atoms with E-state index in [1.807, 2.05) is 41.7 Å². The molecule has 1 N–H and O–H groups in total. The predicted octanol–water partition coefficient (Wildman–Crippen LogP) is 6.92. The summed E-state index contributed by atoms with van der Waals surface area (Å²) in [6.45, 7) is 2.95. The van der Waals surface area contributed by atoms with Gasteiger partial charge in [-0.05, 0) is 72.1 Å². The summed E-state index contributed by atoms with van der Waals surface area (Å²) in [5, 5.41) is 21.5. The molecule has 0 aliphatic carbocycles. The second-order valence-electron chi connectivity index (χ2n) is 9.48. The maximum atomic E-state index is 6.24. The molecule has 5 heterocycles. The molecule has 1 aliphatic rings. The molecular formula is C28H23ClN6OS. The average molecular weight is 527 g/mol. The first kappa shape index (κ1) is 22.6. The Morgan fingerprint density at radius 3 is 2.95 bits per heavy atom. The Hall–Kier alpha value is -3.59. The third kappa shape index (κ3) is 4.31. The fourth-order valence-electron chi connectivity index (χ4n) is 5.23. The van der Waals surface area contributed by atoms with Gasteiger partial charge in [0, 0.05) is 40.5 Å². The van der Waals surface area contributed by atoms with Crippen LogP contribution in [-0.4, -0.2) is 43.4 Å². The number of piperidine rings is 1. The molecule has 0 amide bonds. The van der Waals surface area contributed by atoms with Crippen molar-refractivity contribution in [3.8, 4) is 22.7 Å². The van der Waals surface area contributed by atoms with Crippen LogP contribution in [-0.2, 0) is 6.54 Å². The summed E-state index contributed by atoms with van der Waals surface area (Å²) in [5.41, 5.74) is 4.90. The van der Waals surface area contributed by atoms with Gasteiger partial charge in [-0.25, -0.2) is 4.98 Å². The van der Waals surface area contributed by atoms with E-state index in [1.54, 1.807) is 6.20 Å². The third-order valence-corrected chi connectivity index (χ3v) is 8.28. The number of nitrogens with one attached hydrogen (secondary N) is 1. The van der Waals surface area contributed by atoms with E-state index in [0.29, 0.717) is 16.9 Å². The number of hydrogen-bond acceptors (Lipinski definition) is 7. The van der Waals surface area contributed by atoms with Crippen LogP contribution in [0.25, 0.3) is 43.7 Å². The Balaban J connectivity index is 1.13. The van der Waals surface area contributed by atoms with E-state index in [-0.39, 0.29) is 5.92 Å². The molecule has 0 spiro atoms. The van der Waals surface area contributed by atoms with Crippen molar-refractivity contribution in [1.29, 1.82) is 0 Å². The van der Waals surface area contributed by atoms with Crippen molar-refractivity contribution >= 4 is 43.9 Å². The van der Waals surface area contributed by atoms with Gasteiger partial charge in [-0.3, -0.25) is 10.00 Å². The molecule has 0 bridgehead atoms. The van der Waals surface area contributed by atoms with E-state index in [9.17, 15) is 0 Å². The molecule has 7 rings (SSSR count). The SMILES string of the molecule is Clc1cc(-c2n[nH]c3ccc(-c4nnc([C@@H]5CCCN(Cc6csc7ccccc67)C5)o4)cc23)ccn1. The number of halogens is 1. The van der Waals surface area contributed by atoms with E-state index in [2.05, 4.69) is 59.9 Å². The van der Waals surface area contributed by atoms with Gasteiger partial charge in [0.05, 0.1) is 11.4 Å². The normalized spacial score (nSPS) is 16.6. The third-order valence-electron chi connectivity index (χ3n) is 7.06. The largest absolute Gasteiger partial charge is 0.420 e. The van der Waals surface area contributed by atoms with E-state index in [4.69, 9.17) is 16.0 Å². The number of rotatable bonds is 5. The van der Waals surface area contributed by atoms with Gasteiger partial charge in [0.1, 0.15) is 10.8 Å². The van der Waals surface area contributed by atoms with Crippen LogP contribution < -0.4 is 0 Å². The predicted molar refractivity (Wildman–Crippen MR) is 147 cm³/mol. The second-order valence-corrected chi connectivity index (χ2v) is 10.8. The summed E-state index contributed by atoms with van der Waals surface area (Å²) in [7, 11) is 0. The first-order chi connectivity index (χ1) is 18.2. The van der Waals surface area contributed by atoms with Crippen LogP contribution >= 0.6 is 22.9 Å². The van der Waals surface area contributed by atoms with Crippen LogP contribution in [0.2, 0.25) is 5.15 Å². The molecule has 37 heavy (non-hydrogen) atoms. The molecule has 6 aromatic rings. The number of pyridine rings is 1. The van der Waals surface area contributed by atoms with Gasteiger partial charge < -0.3 is 4.42 Å². The number of nitrogens with zero attached hydrogens (tertiary/aromatic N) is 5. The van der Waals surface area contributed by atoms with Crippen LogP contribution in [0.15, 0.2) is 70.6 Å². The molecule has 2 aromatic carbocycles. The number of aromatic amines is 1. The lowest BCUT2D eigenvalue weighted by molar-refractivity contribution is 0.187. The number of thiophene rings is 1. The van der Waals surface area contributed by atoms with Crippen molar-refractivity contribution < 1.29 is 4.42 Å². The van der Waals surface area contributed by atoms with Crippen molar-refractivity contribution in [2.75, 3.05) is 13.1 Å². The van der Waals surface area contributed by atoms with E-state index in [1.165, 1.54) is 15.6 Å². The van der Waals surface area contributed by atoms with Crippen molar-refractivity contribution in [3.05, 3.63) is 82.8 Å². The lowest BCUT2D eigenvalue weighted by Crippen LogP contribution is -2.33. The lowest BCUT2D eigenvalue weighted by atomic mass is 9.97. The molecule has 1 aliphatic heterocycles. The smallest absolute Gasteiger partial charge is 0.247 e. The van der Waals surface area contributed by atoms with Gasteiger partial charge >= 0.3 is 0 Å². The monoisotopic (exact) mass is 526 g/mol. The molecular weight excluding hydrogens is 504 g/mol. The standard InChI is InChI=1S/C28H23ClN6OS/c29-25-13-17(9-10-30-25)26-22-12-18(7-8-23(22)31-32-26)27-33-34-28(36-27)19-4-3-11-35(14-19)15-20-16-37-24-6-2-1-5-21(20)24/h1-2,5-10,12-13,16,19H,3-4,11,14-15H2,(H,31,32)/t19-/m1/s1. The first-order valence-electron chi connectivity index (χ1n) is 12.3. The Labute approximate surface area is 222 Å².